The van der Waals surface area contributed by atoms with Crippen molar-refractivity contribution >= 4 is 6.03 Å². The van der Waals surface area contributed by atoms with Crippen LogP contribution in [0, 0.1) is 11.8 Å². The molecule has 0 aromatic rings. The molecule has 0 aromatic heterocycles. The first-order valence-corrected chi connectivity index (χ1v) is 6.49. The second kappa shape index (κ2) is 7.49. The van der Waals surface area contributed by atoms with Crippen molar-refractivity contribution in [2.24, 2.45) is 17.6 Å². The Bertz CT molecular complexity index is 208. The number of nitrogens with two attached hydrogens (primary N) is 1. The maximum atomic E-state index is 11.4. The predicted octanol–water partition coefficient (Wildman–Crippen LogP) is 1.46. The number of rotatable bonds is 6. The van der Waals surface area contributed by atoms with E-state index in [4.69, 9.17) is 5.73 Å². The van der Waals surface area contributed by atoms with Crippen molar-refractivity contribution in [2.75, 3.05) is 19.6 Å². The van der Waals surface area contributed by atoms with Crippen LogP contribution >= 0.6 is 0 Å². The third-order valence-corrected chi connectivity index (χ3v) is 3.46. The van der Waals surface area contributed by atoms with Crippen molar-refractivity contribution in [2.45, 2.75) is 39.0 Å². The molecule has 1 aliphatic rings. The molecule has 16 heavy (non-hydrogen) atoms. The van der Waals surface area contributed by atoms with Gasteiger partial charge in [-0.3, -0.25) is 0 Å². The minimum absolute atomic E-state index is 0.0314. The van der Waals surface area contributed by atoms with E-state index in [0.29, 0.717) is 11.8 Å². The van der Waals surface area contributed by atoms with Gasteiger partial charge in [-0.2, -0.15) is 0 Å². The number of carbonyl (C=O) groups excluding carboxylic acids is 1. The first kappa shape index (κ1) is 13.3. The molecule has 0 radical (unpaired) electrons. The van der Waals surface area contributed by atoms with Crippen molar-refractivity contribution in [3.63, 3.8) is 0 Å². The van der Waals surface area contributed by atoms with Gasteiger partial charge in [0.1, 0.15) is 0 Å². The molecule has 2 unspecified atom stereocenters. The van der Waals surface area contributed by atoms with Crippen LogP contribution < -0.4 is 16.4 Å². The van der Waals surface area contributed by atoms with Crippen LogP contribution in [0.5, 0.6) is 0 Å². The van der Waals surface area contributed by atoms with Gasteiger partial charge in [-0.25, -0.2) is 4.79 Å². The third-order valence-electron chi connectivity index (χ3n) is 3.46. The molecule has 4 N–H and O–H groups in total. The maximum absolute atomic E-state index is 11.4. The van der Waals surface area contributed by atoms with Gasteiger partial charge in [-0.1, -0.05) is 19.8 Å². The minimum Gasteiger partial charge on any atom is -0.338 e. The summed E-state index contributed by atoms with van der Waals surface area (Å²) in [5.74, 6) is 1.19. The second-order valence-corrected chi connectivity index (χ2v) is 4.68. The normalized spacial score (nSPS) is 24.4. The Balaban J connectivity index is 2.11. The molecule has 0 spiro atoms. The van der Waals surface area contributed by atoms with Gasteiger partial charge < -0.3 is 16.4 Å². The topological polar surface area (TPSA) is 67.2 Å². The first-order valence-electron chi connectivity index (χ1n) is 6.49. The summed E-state index contributed by atoms with van der Waals surface area (Å²) in [5, 5.41) is 5.80. The Kier molecular flexibility index (Phi) is 6.23. The van der Waals surface area contributed by atoms with Crippen LogP contribution in [-0.4, -0.2) is 25.7 Å². The van der Waals surface area contributed by atoms with E-state index >= 15 is 0 Å². The number of nitrogens with one attached hydrogen (secondary N) is 2. The van der Waals surface area contributed by atoms with Crippen molar-refractivity contribution in [1.29, 1.82) is 0 Å². The molecule has 1 fully saturated rings. The second-order valence-electron chi connectivity index (χ2n) is 4.68. The molecule has 0 saturated heterocycles. The summed E-state index contributed by atoms with van der Waals surface area (Å²) in [7, 11) is 0. The standard InChI is InChI=1S/C12H25N3O/c1-2-3-7-14-12(16)15-9-11-6-4-5-10(11)8-13/h10-11H,2-9,13H2,1H3,(H2,14,15,16). The number of unbranched alkanes of at least 4 members (excludes halogenated alkanes) is 1. The fraction of sp³-hybridized carbons (Fsp3) is 0.917. The zero-order chi connectivity index (χ0) is 11.8. The van der Waals surface area contributed by atoms with E-state index in [2.05, 4.69) is 17.6 Å². The van der Waals surface area contributed by atoms with Crippen molar-refractivity contribution in [3.05, 3.63) is 0 Å². The summed E-state index contributed by atoms with van der Waals surface area (Å²) < 4.78 is 0. The van der Waals surface area contributed by atoms with E-state index in [1.54, 1.807) is 0 Å². The van der Waals surface area contributed by atoms with E-state index in [9.17, 15) is 4.79 Å². The summed E-state index contributed by atoms with van der Waals surface area (Å²) in [5.41, 5.74) is 5.70. The van der Waals surface area contributed by atoms with Gasteiger partial charge in [-0.15, -0.1) is 0 Å². The zero-order valence-corrected chi connectivity index (χ0v) is 10.3. The highest BCUT2D eigenvalue weighted by Crippen LogP contribution is 2.30. The summed E-state index contributed by atoms with van der Waals surface area (Å²) in [6.45, 7) is 4.42. The van der Waals surface area contributed by atoms with Crippen LogP contribution in [0.4, 0.5) is 4.79 Å². The molecular formula is C12H25N3O. The molecule has 1 saturated carbocycles. The number of urea groups is 1. The van der Waals surface area contributed by atoms with Crippen LogP contribution in [-0.2, 0) is 0 Å². The predicted molar refractivity (Wildman–Crippen MR) is 66.2 cm³/mol. The first-order chi connectivity index (χ1) is 7.77. The largest absolute Gasteiger partial charge is 0.338 e. The molecule has 2 amide bonds. The number of hydrogen-bond acceptors (Lipinski definition) is 2. The quantitative estimate of drug-likeness (QED) is 0.601. The Labute approximate surface area is 98.3 Å². The summed E-state index contributed by atoms with van der Waals surface area (Å²) >= 11 is 0. The molecule has 4 nitrogen and oxygen atoms in total. The van der Waals surface area contributed by atoms with E-state index in [-0.39, 0.29) is 6.03 Å². The molecule has 0 bridgehead atoms. The van der Waals surface area contributed by atoms with E-state index in [1.165, 1.54) is 19.3 Å². The van der Waals surface area contributed by atoms with Gasteiger partial charge >= 0.3 is 6.03 Å². The lowest BCUT2D eigenvalue weighted by Crippen LogP contribution is -2.39. The molecule has 4 heteroatoms. The Morgan fingerprint density at radius 3 is 2.75 bits per heavy atom. The highest BCUT2D eigenvalue weighted by atomic mass is 16.2. The lowest BCUT2D eigenvalue weighted by atomic mass is 9.96. The molecule has 1 rings (SSSR count). The number of carbonyl (C=O) groups is 1. The van der Waals surface area contributed by atoms with Crippen molar-refractivity contribution in [1.82, 2.24) is 10.6 Å². The maximum Gasteiger partial charge on any atom is 0.314 e. The minimum atomic E-state index is -0.0314. The summed E-state index contributed by atoms with van der Waals surface area (Å²) in [6.07, 6.45) is 5.84. The number of amides is 2. The Morgan fingerprint density at radius 2 is 2.06 bits per heavy atom. The lowest BCUT2D eigenvalue weighted by molar-refractivity contribution is 0.237. The Morgan fingerprint density at radius 1 is 1.31 bits per heavy atom. The van der Waals surface area contributed by atoms with Gasteiger partial charge in [-0.05, 0) is 37.6 Å². The van der Waals surface area contributed by atoms with Gasteiger partial charge in [0.2, 0.25) is 0 Å². The monoisotopic (exact) mass is 227 g/mol. The molecule has 1 aliphatic carbocycles. The molecule has 94 valence electrons. The van der Waals surface area contributed by atoms with Crippen LogP contribution in [0.3, 0.4) is 0 Å². The molecule has 0 aliphatic heterocycles. The summed E-state index contributed by atoms with van der Waals surface area (Å²) in [4.78, 5) is 11.4. The average molecular weight is 227 g/mol. The van der Waals surface area contributed by atoms with Crippen molar-refractivity contribution < 1.29 is 4.79 Å². The number of hydrogen-bond donors (Lipinski definition) is 3. The van der Waals surface area contributed by atoms with Crippen LogP contribution in [0.1, 0.15) is 39.0 Å². The van der Waals surface area contributed by atoms with Gasteiger partial charge in [0.25, 0.3) is 0 Å². The van der Waals surface area contributed by atoms with E-state index in [0.717, 1.165) is 32.5 Å². The SMILES string of the molecule is CCCCNC(=O)NCC1CCCC1CN. The Hall–Kier alpha value is -0.770. The highest BCUT2D eigenvalue weighted by molar-refractivity contribution is 5.73. The van der Waals surface area contributed by atoms with E-state index in [1.807, 2.05) is 0 Å². The average Bonchev–Trinajstić information content (AvgIpc) is 2.74. The highest BCUT2D eigenvalue weighted by Gasteiger charge is 2.25. The van der Waals surface area contributed by atoms with Gasteiger partial charge in [0.15, 0.2) is 0 Å². The molecule has 0 heterocycles. The fourth-order valence-electron chi connectivity index (χ4n) is 2.36. The molecule has 0 aromatic carbocycles. The zero-order valence-electron chi connectivity index (χ0n) is 10.3. The molecular weight excluding hydrogens is 202 g/mol. The van der Waals surface area contributed by atoms with Crippen LogP contribution in [0.15, 0.2) is 0 Å². The fourth-order valence-corrected chi connectivity index (χ4v) is 2.36. The smallest absolute Gasteiger partial charge is 0.314 e. The molecule has 2 atom stereocenters. The van der Waals surface area contributed by atoms with Gasteiger partial charge in [0, 0.05) is 13.1 Å². The summed E-state index contributed by atoms with van der Waals surface area (Å²) in [6, 6.07) is -0.0314. The van der Waals surface area contributed by atoms with Crippen molar-refractivity contribution in [3.8, 4) is 0 Å². The van der Waals surface area contributed by atoms with Crippen LogP contribution in [0.2, 0.25) is 0 Å². The third kappa shape index (κ3) is 4.39. The van der Waals surface area contributed by atoms with E-state index < -0.39 is 0 Å². The van der Waals surface area contributed by atoms with Gasteiger partial charge in [0.05, 0.1) is 0 Å². The van der Waals surface area contributed by atoms with Crippen LogP contribution in [0.25, 0.3) is 0 Å². The lowest BCUT2D eigenvalue weighted by Gasteiger charge is -2.18.